The van der Waals surface area contributed by atoms with Crippen LogP contribution in [0.5, 0.6) is 0 Å². The second-order valence-electron chi connectivity index (χ2n) is 6.55. The Hall–Kier alpha value is -3.15. The van der Waals surface area contributed by atoms with E-state index < -0.39 is 0 Å². The standard InChI is InChI=1S/C20H23N6/c1-15-8-11-26-14-18(25(2)19(26)12-15)17-6-4-16(5-7-17)13-23-24-20-21-9-3-10-22-20/h4-8,11-14H,3,9-10H2,1-2H3,(H2,21,22,24)/q+1/b23-13+. The van der Waals surface area contributed by atoms with Gasteiger partial charge in [0, 0.05) is 24.7 Å². The van der Waals surface area contributed by atoms with E-state index in [9.17, 15) is 0 Å². The first kappa shape index (κ1) is 16.3. The predicted molar refractivity (Wildman–Crippen MR) is 104 cm³/mol. The van der Waals surface area contributed by atoms with Gasteiger partial charge in [0.2, 0.25) is 5.96 Å². The molecule has 0 saturated heterocycles. The van der Waals surface area contributed by atoms with Gasteiger partial charge >= 0.3 is 0 Å². The van der Waals surface area contributed by atoms with Gasteiger partial charge in [-0.05, 0) is 42.7 Å². The molecule has 6 heteroatoms. The average molecular weight is 347 g/mol. The number of fused-ring (bicyclic) bond motifs is 1. The average Bonchev–Trinajstić information content (AvgIpc) is 2.99. The second-order valence-corrected chi connectivity index (χ2v) is 6.55. The maximum Gasteiger partial charge on any atom is 0.286 e. The lowest BCUT2D eigenvalue weighted by Crippen LogP contribution is -2.38. The van der Waals surface area contributed by atoms with Crippen LogP contribution in [-0.2, 0) is 7.05 Å². The highest BCUT2D eigenvalue weighted by Gasteiger charge is 2.15. The Morgan fingerprint density at radius 2 is 2.12 bits per heavy atom. The molecule has 0 unspecified atom stereocenters. The van der Waals surface area contributed by atoms with Crippen LogP contribution >= 0.6 is 0 Å². The third-order valence-electron chi connectivity index (χ3n) is 4.57. The maximum atomic E-state index is 4.33. The maximum absolute atomic E-state index is 4.33. The summed E-state index contributed by atoms with van der Waals surface area (Å²) in [5.74, 6) is 0.743. The van der Waals surface area contributed by atoms with E-state index in [-0.39, 0.29) is 0 Å². The van der Waals surface area contributed by atoms with Crippen molar-refractivity contribution in [3.05, 3.63) is 59.9 Å². The van der Waals surface area contributed by atoms with Gasteiger partial charge in [0.1, 0.15) is 6.20 Å². The molecule has 0 radical (unpaired) electrons. The Morgan fingerprint density at radius 3 is 2.88 bits per heavy atom. The molecule has 2 aromatic heterocycles. The minimum absolute atomic E-state index is 0.743. The number of pyridine rings is 1. The molecule has 0 fully saturated rings. The van der Waals surface area contributed by atoms with Crippen LogP contribution in [-0.4, -0.2) is 29.8 Å². The molecular formula is C20H23N6+. The van der Waals surface area contributed by atoms with E-state index in [4.69, 9.17) is 0 Å². The molecule has 0 amide bonds. The van der Waals surface area contributed by atoms with Crippen molar-refractivity contribution in [2.75, 3.05) is 13.1 Å². The van der Waals surface area contributed by atoms with Gasteiger partial charge in [0.15, 0.2) is 5.69 Å². The first-order valence-electron chi connectivity index (χ1n) is 8.86. The highest BCUT2D eigenvalue weighted by Crippen LogP contribution is 2.20. The van der Waals surface area contributed by atoms with Gasteiger partial charge in [-0.15, -0.1) is 0 Å². The number of hydrazone groups is 1. The Balaban J connectivity index is 1.52. The predicted octanol–water partition coefficient (Wildman–Crippen LogP) is 2.01. The number of hydrogen-bond acceptors (Lipinski definition) is 4. The zero-order chi connectivity index (χ0) is 17.9. The van der Waals surface area contributed by atoms with Crippen molar-refractivity contribution >= 4 is 17.8 Å². The van der Waals surface area contributed by atoms with Gasteiger partial charge in [0.05, 0.1) is 19.5 Å². The SMILES string of the molecule is Cc1cc[n+]2cc(-c3ccc(/C=N/NC4=NCCCN4)cc3)n(C)c2c1. The lowest BCUT2D eigenvalue weighted by Gasteiger charge is -2.12. The fourth-order valence-corrected chi connectivity index (χ4v) is 3.11. The number of aryl methyl sites for hydroxylation is 2. The molecule has 0 bridgehead atoms. The van der Waals surface area contributed by atoms with Crippen LogP contribution in [0.15, 0.2) is 58.9 Å². The largest absolute Gasteiger partial charge is 0.355 e. The molecule has 0 saturated carbocycles. The van der Waals surface area contributed by atoms with Crippen molar-refractivity contribution in [2.45, 2.75) is 13.3 Å². The van der Waals surface area contributed by atoms with E-state index >= 15 is 0 Å². The molecule has 1 aliphatic rings. The van der Waals surface area contributed by atoms with Crippen LogP contribution in [0.1, 0.15) is 17.5 Å². The van der Waals surface area contributed by atoms with Gasteiger partial charge < -0.3 is 5.32 Å². The van der Waals surface area contributed by atoms with E-state index in [1.54, 1.807) is 0 Å². The molecule has 0 atom stereocenters. The Bertz CT molecular complexity index is 981. The molecule has 0 spiro atoms. The minimum atomic E-state index is 0.743. The summed E-state index contributed by atoms with van der Waals surface area (Å²) in [6.45, 7) is 3.91. The third-order valence-corrected chi connectivity index (χ3v) is 4.57. The van der Waals surface area contributed by atoms with Crippen LogP contribution in [0.4, 0.5) is 0 Å². The second kappa shape index (κ2) is 7.00. The van der Waals surface area contributed by atoms with Crippen LogP contribution in [0, 0.1) is 6.92 Å². The molecule has 2 N–H and O–H groups in total. The zero-order valence-electron chi connectivity index (χ0n) is 15.1. The lowest BCUT2D eigenvalue weighted by atomic mass is 10.1. The Kier molecular flexibility index (Phi) is 4.39. The summed E-state index contributed by atoms with van der Waals surface area (Å²) >= 11 is 0. The number of nitrogens with one attached hydrogen (secondary N) is 2. The van der Waals surface area contributed by atoms with Crippen molar-refractivity contribution in [2.24, 2.45) is 17.1 Å². The zero-order valence-corrected chi connectivity index (χ0v) is 15.1. The van der Waals surface area contributed by atoms with Crippen LogP contribution in [0.25, 0.3) is 16.9 Å². The van der Waals surface area contributed by atoms with Crippen molar-refractivity contribution in [3.8, 4) is 11.3 Å². The highest BCUT2D eigenvalue weighted by molar-refractivity contribution is 5.84. The molecule has 4 rings (SSSR count). The van der Waals surface area contributed by atoms with Gasteiger partial charge in [-0.3, -0.25) is 4.99 Å². The summed E-state index contributed by atoms with van der Waals surface area (Å²) in [6, 6.07) is 12.7. The summed E-state index contributed by atoms with van der Waals surface area (Å²) in [5, 5.41) is 7.43. The van der Waals surface area contributed by atoms with Gasteiger partial charge in [-0.2, -0.15) is 5.10 Å². The number of aliphatic imine (C=N–C) groups is 1. The number of hydrogen-bond donors (Lipinski definition) is 2. The lowest BCUT2D eigenvalue weighted by molar-refractivity contribution is -0.510. The van der Waals surface area contributed by atoms with E-state index in [1.807, 2.05) is 6.21 Å². The Morgan fingerprint density at radius 1 is 1.27 bits per heavy atom. The van der Waals surface area contributed by atoms with E-state index in [0.717, 1.165) is 31.0 Å². The summed E-state index contributed by atoms with van der Waals surface area (Å²) < 4.78 is 4.37. The first-order chi connectivity index (χ1) is 12.7. The van der Waals surface area contributed by atoms with Gasteiger partial charge in [-0.25, -0.2) is 14.4 Å². The fraction of sp³-hybridized carbons (Fsp3) is 0.250. The molecule has 1 aromatic carbocycles. The molecule has 132 valence electrons. The molecule has 3 aromatic rings. The fourth-order valence-electron chi connectivity index (χ4n) is 3.11. The molecule has 0 aliphatic carbocycles. The number of aromatic nitrogens is 2. The first-order valence-corrected chi connectivity index (χ1v) is 8.86. The summed E-state index contributed by atoms with van der Waals surface area (Å²) in [4.78, 5) is 4.33. The molecule has 1 aliphatic heterocycles. The highest BCUT2D eigenvalue weighted by atomic mass is 15.4. The molecule has 26 heavy (non-hydrogen) atoms. The van der Waals surface area contributed by atoms with E-state index in [1.165, 1.54) is 22.5 Å². The van der Waals surface area contributed by atoms with Gasteiger partial charge in [0.25, 0.3) is 5.65 Å². The topological polar surface area (TPSA) is 57.8 Å². The van der Waals surface area contributed by atoms with Crippen LogP contribution < -0.4 is 15.1 Å². The van der Waals surface area contributed by atoms with E-state index in [2.05, 4.69) is 92.6 Å². The Labute approximate surface area is 152 Å². The van der Waals surface area contributed by atoms with Crippen molar-refractivity contribution in [1.29, 1.82) is 0 Å². The van der Waals surface area contributed by atoms with Crippen LogP contribution in [0.2, 0.25) is 0 Å². The summed E-state index contributed by atoms with van der Waals surface area (Å²) in [6.07, 6.45) is 7.14. The summed E-state index contributed by atoms with van der Waals surface area (Å²) in [5.41, 5.74) is 8.78. The van der Waals surface area contributed by atoms with Gasteiger partial charge in [-0.1, -0.05) is 12.1 Å². The van der Waals surface area contributed by atoms with Crippen molar-refractivity contribution in [1.82, 2.24) is 15.3 Å². The van der Waals surface area contributed by atoms with E-state index in [0.29, 0.717) is 0 Å². The number of guanidine groups is 1. The van der Waals surface area contributed by atoms with Crippen LogP contribution in [0.3, 0.4) is 0 Å². The van der Waals surface area contributed by atoms with Crippen molar-refractivity contribution in [3.63, 3.8) is 0 Å². The molecular weight excluding hydrogens is 324 g/mol. The quantitative estimate of drug-likeness (QED) is 0.433. The molecule has 3 heterocycles. The third kappa shape index (κ3) is 3.31. The minimum Gasteiger partial charge on any atom is -0.355 e. The monoisotopic (exact) mass is 347 g/mol. The molecule has 6 nitrogen and oxygen atoms in total. The van der Waals surface area contributed by atoms with Crippen molar-refractivity contribution < 1.29 is 4.40 Å². The summed E-state index contributed by atoms with van der Waals surface area (Å²) in [7, 11) is 2.10. The number of rotatable bonds is 3. The number of benzene rings is 1. The normalized spacial score (nSPS) is 14.5. The number of imidazole rings is 1. The smallest absolute Gasteiger partial charge is 0.286 e. The number of nitrogens with zero attached hydrogens (tertiary/aromatic N) is 4.